The maximum Gasteiger partial charge on any atom is 0.256 e. The predicted octanol–water partition coefficient (Wildman–Crippen LogP) is 3.08. The standard InChI is InChI=1S/C21H23ClN4O3/c1-25(2)21-23-11-14(12-24-21)20(28)26-7-5-13(6-8-26)19-10-17(27)16-9-15(22)3-4-18(16)29-19/h3-4,9,11-13,19H,5-8,10H2,1-2H3/t19-/m0/s1. The van der Waals surface area contributed by atoms with Crippen LogP contribution in [0, 0.1) is 5.92 Å². The molecular weight excluding hydrogens is 392 g/mol. The summed E-state index contributed by atoms with van der Waals surface area (Å²) in [5, 5.41) is 0.536. The molecular formula is C21H23ClN4O3. The summed E-state index contributed by atoms with van der Waals surface area (Å²) in [7, 11) is 3.71. The molecule has 1 aromatic carbocycles. The molecule has 152 valence electrons. The summed E-state index contributed by atoms with van der Waals surface area (Å²) in [6.07, 6.45) is 4.93. The van der Waals surface area contributed by atoms with Crippen molar-refractivity contribution < 1.29 is 14.3 Å². The number of nitrogens with zero attached hydrogens (tertiary/aromatic N) is 4. The molecule has 0 aliphatic carbocycles. The molecule has 0 N–H and O–H groups in total. The highest BCUT2D eigenvalue weighted by molar-refractivity contribution is 6.31. The molecule has 0 saturated carbocycles. The van der Waals surface area contributed by atoms with Crippen molar-refractivity contribution in [1.29, 1.82) is 0 Å². The van der Waals surface area contributed by atoms with Crippen LogP contribution in [0.3, 0.4) is 0 Å². The van der Waals surface area contributed by atoms with E-state index in [9.17, 15) is 9.59 Å². The third-order valence-corrected chi connectivity index (χ3v) is 5.78. The molecule has 0 unspecified atom stereocenters. The van der Waals surface area contributed by atoms with Crippen LogP contribution in [0.4, 0.5) is 5.95 Å². The first-order valence-electron chi connectivity index (χ1n) is 9.70. The monoisotopic (exact) mass is 414 g/mol. The van der Waals surface area contributed by atoms with E-state index < -0.39 is 0 Å². The Balaban J connectivity index is 1.37. The summed E-state index contributed by atoms with van der Waals surface area (Å²) >= 11 is 5.99. The number of hydrogen-bond donors (Lipinski definition) is 0. The third kappa shape index (κ3) is 4.05. The maximum atomic E-state index is 12.7. The summed E-state index contributed by atoms with van der Waals surface area (Å²) in [5.74, 6) is 1.41. The zero-order chi connectivity index (χ0) is 20.5. The van der Waals surface area contributed by atoms with Crippen LogP contribution in [-0.4, -0.2) is 59.8 Å². The van der Waals surface area contributed by atoms with E-state index >= 15 is 0 Å². The summed E-state index contributed by atoms with van der Waals surface area (Å²) in [6, 6.07) is 5.17. The van der Waals surface area contributed by atoms with Gasteiger partial charge in [-0.1, -0.05) is 11.6 Å². The Morgan fingerprint density at radius 1 is 1.21 bits per heavy atom. The number of amides is 1. The highest BCUT2D eigenvalue weighted by Gasteiger charge is 2.35. The van der Waals surface area contributed by atoms with Gasteiger partial charge in [-0.15, -0.1) is 0 Å². The number of fused-ring (bicyclic) bond motifs is 1. The number of carbonyl (C=O) groups excluding carboxylic acids is 2. The lowest BCUT2D eigenvalue weighted by molar-refractivity contribution is 0.0452. The van der Waals surface area contributed by atoms with Crippen LogP contribution in [0.2, 0.25) is 5.02 Å². The molecule has 1 fully saturated rings. The van der Waals surface area contributed by atoms with Gasteiger partial charge in [-0.05, 0) is 37.0 Å². The minimum absolute atomic E-state index is 0.0608. The van der Waals surface area contributed by atoms with Crippen molar-refractivity contribution in [3.8, 4) is 5.75 Å². The van der Waals surface area contributed by atoms with E-state index in [-0.39, 0.29) is 23.7 Å². The second-order valence-corrected chi connectivity index (χ2v) is 8.16. The van der Waals surface area contributed by atoms with E-state index in [0.717, 1.165) is 12.8 Å². The van der Waals surface area contributed by atoms with Gasteiger partial charge in [0.1, 0.15) is 11.9 Å². The fourth-order valence-electron chi connectivity index (χ4n) is 3.90. The molecule has 1 atom stereocenters. The molecule has 3 heterocycles. The summed E-state index contributed by atoms with van der Waals surface area (Å²) in [6.45, 7) is 1.25. The Labute approximate surface area is 174 Å². The zero-order valence-electron chi connectivity index (χ0n) is 16.5. The predicted molar refractivity (Wildman–Crippen MR) is 110 cm³/mol. The molecule has 2 aromatic rings. The van der Waals surface area contributed by atoms with Gasteiger partial charge in [-0.3, -0.25) is 9.59 Å². The maximum absolute atomic E-state index is 12.7. The number of piperidine rings is 1. The van der Waals surface area contributed by atoms with Gasteiger partial charge in [-0.2, -0.15) is 0 Å². The molecule has 0 radical (unpaired) electrons. The fraction of sp³-hybridized carbons (Fsp3) is 0.429. The first-order chi connectivity index (χ1) is 13.9. The lowest BCUT2D eigenvalue weighted by atomic mass is 9.86. The fourth-order valence-corrected chi connectivity index (χ4v) is 4.07. The number of benzene rings is 1. The third-order valence-electron chi connectivity index (χ3n) is 5.54. The Morgan fingerprint density at radius 2 is 1.90 bits per heavy atom. The molecule has 2 aliphatic rings. The largest absolute Gasteiger partial charge is 0.489 e. The molecule has 29 heavy (non-hydrogen) atoms. The van der Waals surface area contributed by atoms with E-state index in [1.54, 1.807) is 35.5 Å². The molecule has 1 saturated heterocycles. The highest BCUT2D eigenvalue weighted by atomic mass is 35.5. The minimum Gasteiger partial charge on any atom is -0.489 e. The number of ketones is 1. The van der Waals surface area contributed by atoms with E-state index in [1.165, 1.54) is 0 Å². The second-order valence-electron chi connectivity index (χ2n) is 7.72. The van der Waals surface area contributed by atoms with Gasteiger partial charge in [0.15, 0.2) is 5.78 Å². The summed E-state index contributed by atoms with van der Waals surface area (Å²) < 4.78 is 6.11. The van der Waals surface area contributed by atoms with Gasteiger partial charge >= 0.3 is 0 Å². The van der Waals surface area contributed by atoms with Crippen LogP contribution in [0.1, 0.15) is 40.0 Å². The van der Waals surface area contributed by atoms with Crippen molar-refractivity contribution >= 4 is 29.2 Å². The Hall–Kier alpha value is -2.67. The second kappa shape index (κ2) is 7.99. The number of halogens is 1. The van der Waals surface area contributed by atoms with Gasteiger partial charge in [0.2, 0.25) is 5.95 Å². The van der Waals surface area contributed by atoms with Crippen molar-refractivity contribution in [3.05, 3.63) is 46.7 Å². The van der Waals surface area contributed by atoms with Crippen LogP contribution in [0.5, 0.6) is 5.75 Å². The van der Waals surface area contributed by atoms with Gasteiger partial charge < -0.3 is 14.5 Å². The van der Waals surface area contributed by atoms with E-state index in [0.29, 0.717) is 47.4 Å². The molecule has 1 amide bonds. The Morgan fingerprint density at radius 3 is 2.55 bits per heavy atom. The molecule has 1 aromatic heterocycles. The normalized spacial score (nSPS) is 19.5. The molecule has 4 rings (SSSR count). The van der Waals surface area contributed by atoms with Crippen molar-refractivity contribution in [2.24, 2.45) is 5.92 Å². The molecule has 0 spiro atoms. The zero-order valence-corrected chi connectivity index (χ0v) is 17.2. The lowest BCUT2D eigenvalue weighted by Gasteiger charge is -2.37. The van der Waals surface area contributed by atoms with Gasteiger partial charge in [0.05, 0.1) is 11.1 Å². The van der Waals surface area contributed by atoms with Crippen LogP contribution in [-0.2, 0) is 0 Å². The smallest absolute Gasteiger partial charge is 0.256 e. The van der Waals surface area contributed by atoms with E-state index in [4.69, 9.17) is 16.3 Å². The van der Waals surface area contributed by atoms with Crippen molar-refractivity contribution in [1.82, 2.24) is 14.9 Å². The highest BCUT2D eigenvalue weighted by Crippen LogP contribution is 2.35. The summed E-state index contributed by atoms with van der Waals surface area (Å²) in [4.78, 5) is 37.3. The number of aromatic nitrogens is 2. The Bertz CT molecular complexity index is 924. The number of ether oxygens (including phenoxy) is 1. The minimum atomic E-state index is -0.156. The van der Waals surface area contributed by atoms with E-state index in [1.807, 2.05) is 19.0 Å². The SMILES string of the molecule is CN(C)c1ncc(C(=O)N2CCC([C@@H]3CC(=O)c4cc(Cl)ccc4O3)CC2)cn1. The van der Waals surface area contributed by atoms with Gasteiger partial charge in [0, 0.05) is 51.0 Å². The van der Waals surface area contributed by atoms with Crippen molar-refractivity contribution in [3.63, 3.8) is 0 Å². The quantitative estimate of drug-likeness (QED) is 0.768. The number of likely N-dealkylation sites (tertiary alicyclic amines) is 1. The van der Waals surface area contributed by atoms with Crippen LogP contribution < -0.4 is 9.64 Å². The van der Waals surface area contributed by atoms with Crippen LogP contribution >= 0.6 is 11.6 Å². The van der Waals surface area contributed by atoms with Crippen LogP contribution in [0.15, 0.2) is 30.6 Å². The van der Waals surface area contributed by atoms with Crippen LogP contribution in [0.25, 0.3) is 0 Å². The van der Waals surface area contributed by atoms with Gasteiger partial charge in [0.25, 0.3) is 5.91 Å². The molecule has 2 aliphatic heterocycles. The first-order valence-corrected chi connectivity index (χ1v) is 10.1. The number of anilines is 1. The molecule has 0 bridgehead atoms. The van der Waals surface area contributed by atoms with E-state index in [2.05, 4.69) is 9.97 Å². The average Bonchev–Trinajstić information content (AvgIpc) is 2.74. The first kappa shape index (κ1) is 19.6. The topological polar surface area (TPSA) is 75.6 Å². The summed E-state index contributed by atoms with van der Waals surface area (Å²) in [5.41, 5.74) is 1.05. The lowest BCUT2D eigenvalue weighted by Crippen LogP contribution is -2.44. The average molecular weight is 415 g/mol. The number of carbonyl (C=O) groups is 2. The van der Waals surface area contributed by atoms with Crippen molar-refractivity contribution in [2.75, 3.05) is 32.1 Å². The van der Waals surface area contributed by atoms with Gasteiger partial charge in [-0.25, -0.2) is 9.97 Å². The molecule has 7 nitrogen and oxygen atoms in total. The Kier molecular flexibility index (Phi) is 5.41. The number of hydrogen-bond acceptors (Lipinski definition) is 6. The van der Waals surface area contributed by atoms with Crippen molar-refractivity contribution in [2.45, 2.75) is 25.4 Å². The number of rotatable bonds is 3. The molecule has 8 heteroatoms. The number of Topliss-reactive ketones (excluding diaryl/α,β-unsaturated/α-hetero) is 1.